The van der Waals surface area contributed by atoms with Gasteiger partial charge in [0.05, 0.1) is 54.8 Å². The monoisotopic (exact) mass is 1010 g/mol. The van der Waals surface area contributed by atoms with Crippen molar-refractivity contribution < 1.29 is 72.6 Å². The van der Waals surface area contributed by atoms with E-state index in [-0.39, 0.29) is 40.3 Å². The second-order valence-electron chi connectivity index (χ2n) is 19.6. The van der Waals surface area contributed by atoms with Gasteiger partial charge in [-0.1, -0.05) is 74.5 Å². The Balaban J connectivity index is 1.19. The molecule has 2 saturated heterocycles. The number of nitro groups is 1. The van der Waals surface area contributed by atoms with Crippen molar-refractivity contribution >= 4 is 41.3 Å². The van der Waals surface area contributed by atoms with Crippen molar-refractivity contribution in [3.8, 4) is 11.5 Å². The molecule has 3 N–H and O–H groups in total. The van der Waals surface area contributed by atoms with Gasteiger partial charge in [0.1, 0.15) is 46.4 Å². The number of ketones is 1. The van der Waals surface area contributed by atoms with Crippen LogP contribution in [-0.2, 0) is 38.1 Å². The standard InChI is InChI=1S/C53H56N2O16S/c1-28-36(68-49(61)43-41(30-16-10-8-11-17-30)54(72-37-21-15-14-20-34(37)55(63)64)47(69-43)33-23-22-32(65-6)24-35(33)66-7)26-53(62)46(70-48(60)31-18-12-9-13-19-31)44-51(5,45(59)42(58)40(28)50(53,3)4)38(57)25-39-52(44,27-67-39)71-29(2)56/h8-24,36,38-39,41-44,46-47,57-58,62H,25-27H2,1-7H3/t36-,38-,39+,41-,42+,43?,44-,46-,47?,51+,52-,53+/m0/s1. The second-order valence-corrected chi connectivity index (χ2v) is 20.7. The molecule has 0 spiro atoms. The Morgan fingerprint density at radius 2 is 1.57 bits per heavy atom. The van der Waals surface area contributed by atoms with Crippen molar-refractivity contribution in [2.75, 3.05) is 20.8 Å². The highest BCUT2D eigenvalue weighted by Gasteiger charge is 2.78. The maximum absolute atomic E-state index is 15.4. The number of fused-ring (bicyclic) bond motifs is 5. The van der Waals surface area contributed by atoms with Gasteiger partial charge in [0.25, 0.3) is 5.69 Å². The highest BCUT2D eigenvalue weighted by Crippen LogP contribution is 2.64. The lowest BCUT2D eigenvalue weighted by Gasteiger charge is -2.67. The zero-order chi connectivity index (χ0) is 51.7. The Kier molecular flexibility index (Phi) is 13.4. The number of carbonyl (C=O) groups excluding carboxylic acids is 4. The normalized spacial score (nSPS) is 32.7. The van der Waals surface area contributed by atoms with Crippen LogP contribution in [0.2, 0.25) is 0 Å². The largest absolute Gasteiger partial charge is 0.497 e. The lowest BCUT2D eigenvalue weighted by atomic mass is 9.44. The maximum atomic E-state index is 15.4. The molecule has 18 nitrogen and oxygen atoms in total. The quantitative estimate of drug-likeness (QED) is 0.0347. The zero-order valence-corrected chi connectivity index (χ0v) is 41.4. The summed E-state index contributed by atoms with van der Waals surface area (Å²) in [5.41, 5.74) is -6.81. The number of aliphatic hydroxyl groups is 3. The summed E-state index contributed by atoms with van der Waals surface area (Å²) in [7, 11) is 2.94. The molecule has 5 aliphatic rings. The van der Waals surface area contributed by atoms with E-state index in [1.54, 1.807) is 110 Å². The van der Waals surface area contributed by atoms with Gasteiger partial charge in [-0.3, -0.25) is 19.7 Å². The molecule has 2 unspecified atom stereocenters. The third-order valence-corrected chi connectivity index (χ3v) is 16.8. The Hall–Kier alpha value is -6.19. The molecule has 0 aromatic heterocycles. The number of aliphatic hydroxyl groups excluding tert-OH is 2. The van der Waals surface area contributed by atoms with E-state index in [0.717, 1.165) is 11.9 Å². The molecule has 3 aliphatic carbocycles. The molecular weight excluding hydrogens is 953 g/mol. The van der Waals surface area contributed by atoms with Gasteiger partial charge < -0.3 is 48.5 Å². The third kappa shape index (κ3) is 8.05. The van der Waals surface area contributed by atoms with E-state index in [9.17, 15) is 35.0 Å². The van der Waals surface area contributed by atoms with Gasteiger partial charge in [0.2, 0.25) is 0 Å². The predicted octanol–water partition coefficient (Wildman–Crippen LogP) is 6.41. The topological polar surface area (TPSA) is 240 Å². The molecule has 2 bridgehead atoms. The highest BCUT2D eigenvalue weighted by molar-refractivity contribution is 7.97. The summed E-state index contributed by atoms with van der Waals surface area (Å²) >= 11 is 0.988. The molecule has 4 fully saturated rings. The molecule has 12 atom stereocenters. The Labute approximate surface area is 419 Å². The van der Waals surface area contributed by atoms with Crippen molar-refractivity contribution in [1.29, 1.82) is 0 Å². The zero-order valence-electron chi connectivity index (χ0n) is 40.6. The lowest BCUT2D eigenvalue weighted by Crippen LogP contribution is -2.81. The molecule has 4 aromatic carbocycles. The number of nitrogens with zero attached hydrogens (tertiary/aromatic N) is 2. The Bertz CT molecular complexity index is 2830. The molecule has 2 heterocycles. The molecule has 2 aliphatic heterocycles. The number of esters is 3. The molecule has 9 rings (SSSR count). The van der Waals surface area contributed by atoms with Crippen LogP contribution in [0.15, 0.2) is 119 Å². The van der Waals surface area contributed by atoms with Crippen molar-refractivity contribution in [3.63, 3.8) is 0 Å². The van der Waals surface area contributed by atoms with Crippen LogP contribution in [-0.4, -0.2) is 117 Å². The number of methoxy groups -OCH3 is 2. The van der Waals surface area contributed by atoms with Crippen molar-refractivity contribution in [2.45, 2.75) is 112 Å². The number of Topliss-reactive ketones (excluding diaryl/α,β-unsaturated/α-hetero) is 1. The fourth-order valence-corrected chi connectivity index (χ4v) is 13.0. The van der Waals surface area contributed by atoms with Crippen molar-refractivity contribution in [2.24, 2.45) is 16.7 Å². The van der Waals surface area contributed by atoms with E-state index in [0.29, 0.717) is 22.6 Å². The SMILES string of the molecule is COc1ccc(C2OC(C(=O)O[C@H]3C[C@@]4(O)[C@@H](OC(=O)c5ccccc5)[C@@H]5[C@]6(OC(C)=O)CO[C@@H]6C[C@H](O)[C@@]5(C)C(=O)[C@H](O)C(=C3C)C4(C)C)[C@H](c3ccccc3)N2Sc2ccccc2[N+](=O)[O-])c(OC)c1. The van der Waals surface area contributed by atoms with Crippen LogP contribution in [0.1, 0.15) is 81.2 Å². The minimum atomic E-state index is -2.38. The number of rotatable bonds is 12. The number of para-hydroxylation sites is 1. The minimum Gasteiger partial charge on any atom is -0.497 e. The Morgan fingerprint density at radius 3 is 2.19 bits per heavy atom. The third-order valence-electron chi connectivity index (χ3n) is 15.6. The van der Waals surface area contributed by atoms with Crippen molar-refractivity contribution in [1.82, 2.24) is 4.31 Å². The highest BCUT2D eigenvalue weighted by atomic mass is 32.2. The molecule has 380 valence electrons. The first kappa shape index (κ1) is 50.7. The summed E-state index contributed by atoms with van der Waals surface area (Å²) in [6, 6.07) is 26.9. The number of benzene rings is 4. The molecular formula is C53H56N2O16S. The molecule has 2 saturated carbocycles. The second kappa shape index (κ2) is 19.0. The van der Waals surface area contributed by atoms with E-state index >= 15 is 9.59 Å². The first-order valence-electron chi connectivity index (χ1n) is 23.5. The molecule has 0 amide bonds. The number of ether oxygens (including phenoxy) is 7. The van der Waals surface area contributed by atoms with E-state index in [2.05, 4.69) is 0 Å². The van der Waals surface area contributed by atoms with Crippen LogP contribution in [0.5, 0.6) is 11.5 Å². The molecule has 4 aromatic rings. The van der Waals surface area contributed by atoms with Crippen LogP contribution in [0, 0.1) is 26.9 Å². The Morgan fingerprint density at radius 1 is 0.903 bits per heavy atom. The smallest absolute Gasteiger partial charge is 0.338 e. The average molecular weight is 1010 g/mol. The van der Waals surface area contributed by atoms with Crippen LogP contribution in [0.3, 0.4) is 0 Å². The van der Waals surface area contributed by atoms with Crippen LogP contribution in [0.25, 0.3) is 0 Å². The van der Waals surface area contributed by atoms with Gasteiger partial charge >= 0.3 is 17.9 Å². The maximum Gasteiger partial charge on any atom is 0.338 e. The summed E-state index contributed by atoms with van der Waals surface area (Å²) in [5, 5.41) is 50.9. The van der Waals surface area contributed by atoms with Gasteiger partial charge in [0.15, 0.2) is 23.7 Å². The van der Waals surface area contributed by atoms with Crippen LogP contribution in [0.4, 0.5) is 5.69 Å². The summed E-state index contributed by atoms with van der Waals surface area (Å²) in [6.07, 6.45) is -11.2. The first-order chi connectivity index (χ1) is 34.2. The fraction of sp³-hybridized carbons (Fsp3) is 0.434. The molecule has 72 heavy (non-hydrogen) atoms. The van der Waals surface area contributed by atoms with Gasteiger partial charge in [-0.2, -0.15) is 0 Å². The number of hydrogen-bond acceptors (Lipinski definition) is 18. The predicted molar refractivity (Wildman–Crippen MR) is 256 cm³/mol. The van der Waals surface area contributed by atoms with E-state index in [4.69, 9.17) is 33.2 Å². The van der Waals surface area contributed by atoms with Gasteiger partial charge in [0, 0.05) is 42.9 Å². The average Bonchev–Trinajstić information content (AvgIpc) is 3.74. The van der Waals surface area contributed by atoms with Gasteiger partial charge in [-0.15, -0.1) is 0 Å². The number of carbonyl (C=O) groups is 4. The molecule has 0 radical (unpaired) electrons. The minimum absolute atomic E-state index is 0.0402. The van der Waals surface area contributed by atoms with Gasteiger partial charge in [-0.25, -0.2) is 13.9 Å². The molecule has 19 heteroatoms. The fourth-order valence-electron chi connectivity index (χ4n) is 11.8. The summed E-state index contributed by atoms with van der Waals surface area (Å²) in [5.74, 6) is -4.33. The summed E-state index contributed by atoms with van der Waals surface area (Å²) < 4.78 is 44.8. The van der Waals surface area contributed by atoms with E-state index in [1.807, 2.05) is 0 Å². The summed E-state index contributed by atoms with van der Waals surface area (Å²) in [4.78, 5) is 70.4. The first-order valence-corrected chi connectivity index (χ1v) is 24.2. The lowest BCUT2D eigenvalue weighted by molar-refractivity contribution is -0.387. The van der Waals surface area contributed by atoms with Crippen LogP contribution >= 0.6 is 11.9 Å². The number of hydrogen-bond donors (Lipinski definition) is 3. The number of nitro benzene ring substituents is 1. The van der Waals surface area contributed by atoms with Crippen molar-refractivity contribution in [3.05, 3.63) is 141 Å². The van der Waals surface area contributed by atoms with Crippen LogP contribution < -0.4 is 9.47 Å². The van der Waals surface area contributed by atoms with E-state index < -0.39 is 112 Å². The summed E-state index contributed by atoms with van der Waals surface area (Å²) in [6.45, 7) is 7.00. The van der Waals surface area contributed by atoms with Gasteiger partial charge in [-0.05, 0) is 72.8 Å². The van der Waals surface area contributed by atoms with E-state index in [1.165, 1.54) is 46.3 Å².